The highest BCUT2D eigenvalue weighted by atomic mass is 15.3. The quantitative estimate of drug-likeness (QED) is 0.923. The summed E-state index contributed by atoms with van der Waals surface area (Å²) in [6, 6.07) is 1.04. The van der Waals surface area contributed by atoms with Gasteiger partial charge in [-0.1, -0.05) is 26.2 Å². The highest BCUT2D eigenvalue weighted by molar-refractivity contribution is 5.35. The van der Waals surface area contributed by atoms with Crippen LogP contribution in [-0.2, 0) is 0 Å². The van der Waals surface area contributed by atoms with Gasteiger partial charge in [-0.2, -0.15) is 0 Å². The van der Waals surface area contributed by atoms with Crippen molar-refractivity contribution in [1.29, 1.82) is 0 Å². The van der Waals surface area contributed by atoms with Crippen LogP contribution in [0.1, 0.15) is 57.2 Å². The molecule has 1 saturated heterocycles. The average Bonchev–Trinajstić information content (AvgIpc) is 3.08. The second-order valence-electron chi connectivity index (χ2n) is 6.59. The highest BCUT2D eigenvalue weighted by Crippen LogP contribution is 2.34. The number of nitrogens with zero attached hydrogens (tertiary/aromatic N) is 3. The maximum absolute atomic E-state index is 6.24. The predicted octanol–water partition coefficient (Wildman–Crippen LogP) is 2.87. The number of rotatable bonds is 3. The van der Waals surface area contributed by atoms with E-state index in [9.17, 15) is 0 Å². The van der Waals surface area contributed by atoms with Crippen molar-refractivity contribution in [2.75, 3.05) is 18.0 Å². The molecule has 1 saturated carbocycles. The number of aromatic nitrogens is 2. The zero-order chi connectivity index (χ0) is 14.1. The first kappa shape index (κ1) is 13.9. The number of anilines is 1. The standard InChI is InChI=1S/C16H28N4/c1-3-13-11-19(9-8-15(13)17)16-18-12(2)10-20(16)14-6-4-5-7-14/h10,13-15H,3-9,11,17H2,1-2H3. The summed E-state index contributed by atoms with van der Waals surface area (Å²) in [5.74, 6) is 1.80. The van der Waals surface area contributed by atoms with Crippen LogP contribution >= 0.6 is 0 Å². The SMILES string of the molecule is CCC1CN(c2nc(C)cn2C2CCCC2)CCC1N. The highest BCUT2D eigenvalue weighted by Gasteiger charge is 2.29. The lowest BCUT2D eigenvalue weighted by Gasteiger charge is -2.37. The molecule has 2 heterocycles. The Labute approximate surface area is 122 Å². The first-order chi connectivity index (χ1) is 9.69. The molecule has 112 valence electrons. The third kappa shape index (κ3) is 2.58. The average molecular weight is 276 g/mol. The number of imidazole rings is 1. The van der Waals surface area contributed by atoms with E-state index in [0.717, 1.165) is 25.2 Å². The minimum Gasteiger partial charge on any atom is -0.342 e. The monoisotopic (exact) mass is 276 g/mol. The van der Waals surface area contributed by atoms with E-state index in [1.165, 1.54) is 38.1 Å². The molecule has 2 aliphatic rings. The summed E-state index contributed by atoms with van der Waals surface area (Å²) < 4.78 is 2.45. The van der Waals surface area contributed by atoms with Crippen LogP contribution in [0.15, 0.2) is 6.20 Å². The molecular weight excluding hydrogens is 248 g/mol. The van der Waals surface area contributed by atoms with Gasteiger partial charge in [0.1, 0.15) is 0 Å². The Balaban J connectivity index is 1.82. The number of nitrogens with two attached hydrogens (primary N) is 1. The molecule has 1 aliphatic heterocycles. The van der Waals surface area contributed by atoms with E-state index in [-0.39, 0.29) is 0 Å². The van der Waals surface area contributed by atoms with E-state index in [1.807, 2.05) is 0 Å². The summed E-state index contributed by atoms with van der Waals surface area (Å²) >= 11 is 0. The first-order valence-electron chi connectivity index (χ1n) is 8.25. The number of hydrogen-bond acceptors (Lipinski definition) is 3. The molecule has 1 aromatic rings. The third-order valence-corrected chi connectivity index (χ3v) is 5.15. The second kappa shape index (κ2) is 5.76. The summed E-state index contributed by atoms with van der Waals surface area (Å²) in [7, 11) is 0. The fourth-order valence-electron chi connectivity index (χ4n) is 3.85. The molecule has 0 radical (unpaired) electrons. The normalized spacial score (nSPS) is 28.2. The topological polar surface area (TPSA) is 47.1 Å². The molecule has 2 N–H and O–H groups in total. The van der Waals surface area contributed by atoms with Gasteiger partial charge in [-0.05, 0) is 32.1 Å². The van der Waals surface area contributed by atoms with E-state index in [2.05, 4.69) is 29.5 Å². The zero-order valence-corrected chi connectivity index (χ0v) is 12.9. The number of hydrogen-bond donors (Lipinski definition) is 1. The fraction of sp³-hybridized carbons (Fsp3) is 0.812. The molecule has 4 heteroatoms. The van der Waals surface area contributed by atoms with Gasteiger partial charge in [0.2, 0.25) is 5.95 Å². The van der Waals surface area contributed by atoms with Gasteiger partial charge >= 0.3 is 0 Å². The van der Waals surface area contributed by atoms with Gasteiger partial charge in [0.05, 0.1) is 5.69 Å². The molecule has 0 bridgehead atoms. The van der Waals surface area contributed by atoms with Gasteiger partial charge in [-0.15, -0.1) is 0 Å². The first-order valence-corrected chi connectivity index (χ1v) is 8.25. The van der Waals surface area contributed by atoms with Crippen molar-refractivity contribution in [1.82, 2.24) is 9.55 Å². The molecule has 2 atom stereocenters. The summed E-state index contributed by atoms with van der Waals surface area (Å²) in [6.07, 6.45) is 9.87. The Morgan fingerprint density at radius 3 is 2.75 bits per heavy atom. The summed E-state index contributed by atoms with van der Waals surface area (Å²) in [5, 5.41) is 0. The molecule has 0 amide bonds. The number of piperidine rings is 1. The van der Waals surface area contributed by atoms with Crippen LogP contribution in [0.2, 0.25) is 0 Å². The summed E-state index contributed by atoms with van der Waals surface area (Å²) in [4.78, 5) is 7.30. The van der Waals surface area contributed by atoms with Gasteiger partial charge in [0, 0.05) is 31.4 Å². The van der Waals surface area contributed by atoms with Crippen LogP contribution in [0.4, 0.5) is 5.95 Å². The molecule has 2 unspecified atom stereocenters. The van der Waals surface area contributed by atoms with E-state index < -0.39 is 0 Å². The van der Waals surface area contributed by atoms with Crippen molar-refractivity contribution in [3.05, 3.63) is 11.9 Å². The van der Waals surface area contributed by atoms with Gasteiger partial charge in [0.25, 0.3) is 0 Å². The molecule has 2 fully saturated rings. The molecule has 3 rings (SSSR count). The lowest BCUT2D eigenvalue weighted by atomic mass is 9.91. The number of aryl methyl sites for hydroxylation is 1. The van der Waals surface area contributed by atoms with Crippen LogP contribution in [0.25, 0.3) is 0 Å². The summed E-state index contributed by atoms with van der Waals surface area (Å²) in [5.41, 5.74) is 7.39. The van der Waals surface area contributed by atoms with Crippen LogP contribution in [-0.4, -0.2) is 28.7 Å². The fourth-order valence-corrected chi connectivity index (χ4v) is 3.85. The predicted molar refractivity (Wildman–Crippen MR) is 83.1 cm³/mol. The van der Waals surface area contributed by atoms with E-state index >= 15 is 0 Å². The Kier molecular flexibility index (Phi) is 4.01. The minimum absolute atomic E-state index is 0.368. The zero-order valence-electron chi connectivity index (χ0n) is 12.9. The molecule has 1 aliphatic carbocycles. The van der Waals surface area contributed by atoms with Crippen molar-refractivity contribution in [3.63, 3.8) is 0 Å². The Hall–Kier alpha value is -1.03. The van der Waals surface area contributed by atoms with Crippen LogP contribution < -0.4 is 10.6 Å². The van der Waals surface area contributed by atoms with Gasteiger partial charge in [-0.3, -0.25) is 0 Å². The van der Waals surface area contributed by atoms with Crippen molar-refractivity contribution < 1.29 is 0 Å². The summed E-state index contributed by atoms with van der Waals surface area (Å²) in [6.45, 7) is 6.49. The molecule has 0 spiro atoms. The largest absolute Gasteiger partial charge is 0.342 e. The van der Waals surface area contributed by atoms with Gasteiger partial charge in [0.15, 0.2) is 0 Å². The van der Waals surface area contributed by atoms with E-state index in [1.54, 1.807) is 0 Å². The van der Waals surface area contributed by atoms with Gasteiger partial charge in [-0.25, -0.2) is 4.98 Å². The van der Waals surface area contributed by atoms with Crippen LogP contribution in [0.3, 0.4) is 0 Å². The van der Waals surface area contributed by atoms with Crippen LogP contribution in [0, 0.1) is 12.8 Å². The molecule has 20 heavy (non-hydrogen) atoms. The van der Waals surface area contributed by atoms with Crippen molar-refractivity contribution in [3.8, 4) is 0 Å². The smallest absolute Gasteiger partial charge is 0.205 e. The Morgan fingerprint density at radius 2 is 2.05 bits per heavy atom. The minimum atomic E-state index is 0.368. The lowest BCUT2D eigenvalue weighted by Crippen LogP contribution is -2.47. The molecular formula is C16H28N4. The molecule has 4 nitrogen and oxygen atoms in total. The van der Waals surface area contributed by atoms with Crippen molar-refractivity contribution in [2.24, 2.45) is 11.7 Å². The molecule has 0 aromatic carbocycles. The maximum atomic E-state index is 6.24. The van der Waals surface area contributed by atoms with E-state index in [0.29, 0.717) is 18.0 Å². The van der Waals surface area contributed by atoms with E-state index in [4.69, 9.17) is 10.7 Å². The van der Waals surface area contributed by atoms with Gasteiger partial charge < -0.3 is 15.2 Å². The van der Waals surface area contributed by atoms with Crippen molar-refractivity contribution in [2.45, 2.75) is 64.5 Å². The maximum Gasteiger partial charge on any atom is 0.205 e. The third-order valence-electron chi connectivity index (χ3n) is 5.15. The molecule has 1 aromatic heterocycles. The Bertz CT molecular complexity index is 447. The lowest BCUT2D eigenvalue weighted by molar-refractivity contribution is 0.341. The van der Waals surface area contributed by atoms with Crippen LogP contribution in [0.5, 0.6) is 0 Å². The Morgan fingerprint density at radius 1 is 1.30 bits per heavy atom. The second-order valence-corrected chi connectivity index (χ2v) is 6.59. The van der Waals surface area contributed by atoms with Crippen molar-refractivity contribution >= 4 is 5.95 Å².